The molecule has 1 aromatic carbocycles. The number of carbonyl (C=O) groups is 1. The van der Waals surface area contributed by atoms with Crippen LogP contribution in [-0.2, 0) is 0 Å². The summed E-state index contributed by atoms with van der Waals surface area (Å²) in [6, 6.07) is 9.75. The van der Waals surface area contributed by atoms with Gasteiger partial charge in [0.15, 0.2) is 17.3 Å². The van der Waals surface area contributed by atoms with Crippen LogP contribution in [0.3, 0.4) is 0 Å². The molecule has 1 heterocycles. The Morgan fingerprint density at radius 2 is 2.05 bits per heavy atom. The Morgan fingerprint density at radius 3 is 2.67 bits per heavy atom. The third kappa shape index (κ3) is 3.47. The Morgan fingerprint density at radius 1 is 1.38 bits per heavy atom. The summed E-state index contributed by atoms with van der Waals surface area (Å²) in [7, 11) is 1.81. The molecule has 2 aromatic rings. The Bertz CT molecular complexity index is 610. The van der Waals surface area contributed by atoms with Crippen LogP contribution in [0.1, 0.15) is 23.3 Å². The number of thioether (sulfide) groups is 1. The van der Waals surface area contributed by atoms with E-state index in [4.69, 9.17) is 4.42 Å². The molecule has 5 heteroatoms. The van der Waals surface area contributed by atoms with Crippen LogP contribution in [-0.4, -0.2) is 40.9 Å². The van der Waals surface area contributed by atoms with Gasteiger partial charge in [-0.15, -0.1) is 0 Å². The van der Waals surface area contributed by atoms with Crippen molar-refractivity contribution in [2.75, 3.05) is 19.1 Å². The second-order valence-electron chi connectivity index (χ2n) is 5.00. The molecule has 0 aliphatic carbocycles. The van der Waals surface area contributed by atoms with Gasteiger partial charge < -0.3 is 9.32 Å². The molecular weight excluding hydrogens is 284 g/mol. The minimum Gasteiger partial charge on any atom is -0.440 e. The van der Waals surface area contributed by atoms with E-state index in [1.165, 1.54) is 0 Å². The van der Waals surface area contributed by atoms with Gasteiger partial charge in [-0.1, -0.05) is 30.3 Å². The number of carbonyl (C=O) groups excluding carboxylic acids is 1. The van der Waals surface area contributed by atoms with Crippen molar-refractivity contribution in [3.05, 3.63) is 41.9 Å². The van der Waals surface area contributed by atoms with E-state index in [0.29, 0.717) is 17.3 Å². The molecule has 1 atom stereocenters. The molecule has 1 amide bonds. The highest BCUT2D eigenvalue weighted by Gasteiger charge is 2.25. The van der Waals surface area contributed by atoms with Gasteiger partial charge in [0.1, 0.15) is 0 Å². The zero-order chi connectivity index (χ0) is 15.4. The van der Waals surface area contributed by atoms with Crippen LogP contribution in [0, 0.1) is 6.92 Å². The highest BCUT2D eigenvalue weighted by Crippen LogP contribution is 2.26. The lowest BCUT2D eigenvalue weighted by atomic mass is 10.1. The van der Waals surface area contributed by atoms with Crippen LogP contribution >= 0.6 is 11.8 Å². The minimum atomic E-state index is -0.104. The van der Waals surface area contributed by atoms with Gasteiger partial charge in [0.2, 0.25) is 0 Å². The Hall–Kier alpha value is -1.75. The fraction of sp³-hybridized carbons (Fsp3) is 0.375. The molecule has 0 N–H and O–H groups in total. The van der Waals surface area contributed by atoms with Gasteiger partial charge in [0, 0.05) is 31.3 Å². The lowest BCUT2D eigenvalue weighted by Gasteiger charge is -2.23. The number of aryl methyl sites for hydroxylation is 1. The maximum atomic E-state index is 12.7. The molecule has 0 bridgehead atoms. The summed E-state index contributed by atoms with van der Waals surface area (Å²) < 4.78 is 5.65. The summed E-state index contributed by atoms with van der Waals surface area (Å²) in [5.41, 5.74) is 1.25. The molecule has 0 spiro atoms. The predicted octanol–water partition coefficient (Wildman–Crippen LogP) is 3.47. The van der Waals surface area contributed by atoms with Crippen molar-refractivity contribution >= 4 is 17.7 Å². The van der Waals surface area contributed by atoms with Crippen molar-refractivity contribution in [2.45, 2.75) is 19.9 Å². The second kappa shape index (κ2) is 6.80. The van der Waals surface area contributed by atoms with Gasteiger partial charge >= 0.3 is 0 Å². The molecule has 0 aliphatic heterocycles. The van der Waals surface area contributed by atoms with Crippen LogP contribution in [0.15, 0.2) is 34.7 Å². The Kier molecular flexibility index (Phi) is 5.07. The first-order valence-electron chi connectivity index (χ1n) is 6.83. The number of nitrogens with zero attached hydrogens (tertiary/aromatic N) is 2. The molecule has 21 heavy (non-hydrogen) atoms. The summed E-state index contributed by atoms with van der Waals surface area (Å²) in [5, 5.41) is 0. The fourth-order valence-corrected chi connectivity index (χ4v) is 2.78. The van der Waals surface area contributed by atoms with E-state index in [1.807, 2.05) is 50.6 Å². The average Bonchev–Trinajstić information content (AvgIpc) is 2.89. The number of oxazole rings is 1. The number of aromatic nitrogens is 1. The third-order valence-electron chi connectivity index (χ3n) is 3.36. The average molecular weight is 304 g/mol. The minimum absolute atomic E-state index is 0.104. The van der Waals surface area contributed by atoms with Crippen LogP contribution in [0.4, 0.5) is 0 Å². The second-order valence-corrected chi connectivity index (χ2v) is 5.91. The van der Waals surface area contributed by atoms with E-state index >= 15 is 0 Å². The molecule has 0 saturated heterocycles. The lowest BCUT2D eigenvalue weighted by molar-refractivity contribution is 0.0752. The molecule has 0 saturated carbocycles. The first-order valence-corrected chi connectivity index (χ1v) is 8.23. The number of hydrogen-bond acceptors (Lipinski definition) is 4. The van der Waals surface area contributed by atoms with Gasteiger partial charge in [-0.3, -0.25) is 4.79 Å². The van der Waals surface area contributed by atoms with E-state index in [9.17, 15) is 4.79 Å². The van der Waals surface area contributed by atoms with Crippen molar-refractivity contribution in [2.24, 2.45) is 0 Å². The topological polar surface area (TPSA) is 46.3 Å². The summed E-state index contributed by atoms with van der Waals surface area (Å²) in [6.07, 6.45) is 2.03. The summed E-state index contributed by atoms with van der Waals surface area (Å²) in [6.45, 7) is 3.79. The fourth-order valence-electron chi connectivity index (χ4n) is 2.08. The van der Waals surface area contributed by atoms with Crippen LogP contribution < -0.4 is 0 Å². The molecule has 4 nitrogen and oxygen atoms in total. The Balaban J connectivity index is 2.34. The first kappa shape index (κ1) is 15.6. The van der Waals surface area contributed by atoms with Crippen LogP contribution in [0.2, 0.25) is 0 Å². The maximum absolute atomic E-state index is 12.7. The van der Waals surface area contributed by atoms with E-state index < -0.39 is 0 Å². The number of benzene rings is 1. The SMILES string of the molecule is CSC[C@H](C)N(C)C(=O)c1nc(C)oc1-c1ccccc1. The first-order chi connectivity index (χ1) is 10.0. The molecule has 0 radical (unpaired) electrons. The maximum Gasteiger partial charge on any atom is 0.276 e. The van der Waals surface area contributed by atoms with E-state index in [0.717, 1.165) is 11.3 Å². The Labute approximate surface area is 129 Å². The van der Waals surface area contributed by atoms with Crippen molar-refractivity contribution in [3.8, 4) is 11.3 Å². The molecule has 0 unspecified atom stereocenters. The van der Waals surface area contributed by atoms with Crippen LogP contribution in [0.5, 0.6) is 0 Å². The van der Waals surface area contributed by atoms with E-state index in [1.54, 1.807) is 23.6 Å². The number of amides is 1. The van der Waals surface area contributed by atoms with Crippen LogP contribution in [0.25, 0.3) is 11.3 Å². The zero-order valence-corrected chi connectivity index (χ0v) is 13.6. The molecule has 112 valence electrons. The predicted molar refractivity (Wildman–Crippen MR) is 86.6 cm³/mol. The van der Waals surface area contributed by atoms with Crippen molar-refractivity contribution in [3.63, 3.8) is 0 Å². The number of rotatable bonds is 5. The highest BCUT2D eigenvalue weighted by molar-refractivity contribution is 7.98. The normalized spacial score (nSPS) is 12.2. The zero-order valence-electron chi connectivity index (χ0n) is 12.8. The monoisotopic (exact) mass is 304 g/mol. The van der Waals surface area contributed by atoms with Crippen molar-refractivity contribution < 1.29 is 9.21 Å². The van der Waals surface area contributed by atoms with Gasteiger partial charge in [-0.25, -0.2) is 4.98 Å². The quantitative estimate of drug-likeness (QED) is 0.848. The van der Waals surface area contributed by atoms with Gasteiger partial charge in [0.05, 0.1) is 0 Å². The van der Waals surface area contributed by atoms with E-state index in [2.05, 4.69) is 4.98 Å². The summed E-state index contributed by atoms with van der Waals surface area (Å²) in [4.78, 5) is 18.7. The van der Waals surface area contributed by atoms with Crippen molar-refractivity contribution in [1.29, 1.82) is 0 Å². The summed E-state index contributed by atoms with van der Waals surface area (Å²) in [5.74, 6) is 1.83. The summed E-state index contributed by atoms with van der Waals surface area (Å²) >= 11 is 1.72. The third-order valence-corrected chi connectivity index (χ3v) is 4.18. The van der Waals surface area contributed by atoms with Crippen molar-refractivity contribution in [1.82, 2.24) is 9.88 Å². The molecule has 2 rings (SSSR count). The molecule has 1 aromatic heterocycles. The molecule has 0 aliphatic rings. The van der Waals surface area contributed by atoms with Gasteiger partial charge in [-0.2, -0.15) is 11.8 Å². The standard InChI is InChI=1S/C16H20N2O2S/c1-11(10-21-4)18(3)16(19)14-15(20-12(2)17-14)13-8-6-5-7-9-13/h5-9,11H,10H2,1-4H3/t11-/m0/s1. The van der Waals surface area contributed by atoms with Gasteiger partial charge in [0.25, 0.3) is 5.91 Å². The lowest BCUT2D eigenvalue weighted by Crippen LogP contribution is -2.37. The van der Waals surface area contributed by atoms with E-state index in [-0.39, 0.29) is 11.9 Å². The molecular formula is C16H20N2O2S. The molecule has 0 fully saturated rings. The van der Waals surface area contributed by atoms with Gasteiger partial charge in [-0.05, 0) is 13.2 Å². The highest BCUT2D eigenvalue weighted by atomic mass is 32.2. The smallest absolute Gasteiger partial charge is 0.276 e. The largest absolute Gasteiger partial charge is 0.440 e. The number of hydrogen-bond donors (Lipinski definition) is 0.